The number of halogens is 2. The maximum absolute atomic E-state index is 12.5. The van der Waals surface area contributed by atoms with Crippen molar-refractivity contribution >= 4 is 47.6 Å². The highest BCUT2D eigenvalue weighted by molar-refractivity contribution is 9.11. The van der Waals surface area contributed by atoms with Gasteiger partial charge in [0.1, 0.15) is 4.90 Å². The van der Waals surface area contributed by atoms with E-state index in [1.807, 2.05) is 0 Å². The lowest BCUT2D eigenvalue weighted by Gasteiger charge is -2.41. The summed E-state index contributed by atoms with van der Waals surface area (Å²) in [5.41, 5.74) is 6.34. The molecule has 1 aliphatic carbocycles. The Labute approximate surface area is 136 Å². The SMILES string of the molecule is CCC1(CNS(=O)(=O)c2c(Br)cc(N)cc2Br)CCC1. The third-order valence-electron chi connectivity index (χ3n) is 4.09. The van der Waals surface area contributed by atoms with Gasteiger partial charge < -0.3 is 5.73 Å². The van der Waals surface area contributed by atoms with E-state index in [4.69, 9.17) is 5.73 Å². The van der Waals surface area contributed by atoms with Crippen molar-refractivity contribution in [2.75, 3.05) is 12.3 Å². The molecule has 0 atom stereocenters. The largest absolute Gasteiger partial charge is 0.399 e. The molecule has 0 aliphatic heterocycles. The second-order valence-electron chi connectivity index (χ2n) is 5.35. The molecule has 1 aromatic rings. The molecule has 2 rings (SSSR count). The van der Waals surface area contributed by atoms with Gasteiger partial charge in [0.25, 0.3) is 0 Å². The monoisotopic (exact) mass is 424 g/mol. The summed E-state index contributed by atoms with van der Waals surface area (Å²) in [7, 11) is -3.56. The van der Waals surface area contributed by atoms with Gasteiger partial charge in [0.15, 0.2) is 0 Å². The van der Waals surface area contributed by atoms with Gasteiger partial charge in [0, 0.05) is 21.2 Å². The maximum atomic E-state index is 12.5. The van der Waals surface area contributed by atoms with Crippen molar-refractivity contribution < 1.29 is 8.42 Å². The summed E-state index contributed by atoms with van der Waals surface area (Å²) < 4.78 is 28.6. The molecule has 1 aromatic carbocycles. The van der Waals surface area contributed by atoms with Gasteiger partial charge in [0.2, 0.25) is 10.0 Å². The molecule has 0 radical (unpaired) electrons. The molecule has 20 heavy (non-hydrogen) atoms. The minimum Gasteiger partial charge on any atom is -0.399 e. The highest BCUT2D eigenvalue weighted by atomic mass is 79.9. The summed E-state index contributed by atoms with van der Waals surface area (Å²) in [6.45, 7) is 2.61. The first-order valence-corrected chi connectivity index (χ1v) is 9.61. The van der Waals surface area contributed by atoms with Gasteiger partial charge in [-0.05, 0) is 68.7 Å². The quantitative estimate of drug-likeness (QED) is 0.707. The molecule has 7 heteroatoms. The van der Waals surface area contributed by atoms with Crippen LogP contribution in [0.1, 0.15) is 32.6 Å². The zero-order valence-corrected chi connectivity index (χ0v) is 15.2. The van der Waals surface area contributed by atoms with Crippen LogP contribution in [-0.2, 0) is 10.0 Å². The van der Waals surface area contributed by atoms with E-state index >= 15 is 0 Å². The molecule has 0 unspecified atom stereocenters. The number of nitrogens with two attached hydrogens (primary N) is 1. The average molecular weight is 426 g/mol. The number of rotatable bonds is 5. The first kappa shape index (κ1) is 16.3. The molecule has 4 nitrogen and oxygen atoms in total. The van der Waals surface area contributed by atoms with E-state index in [1.54, 1.807) is 12.1 Å². The van der Waals surface area contributed by atoms with Crippen LogP contribution in [0.4, 0.5) is 5.69 Å². The van der Waals surface area contributed by atoms with Gasteiger partial charge in [-0.15, -0.1) is 0 Å². The van der Waals surface area contributed by atoms with Crippen molar-refractivity contribution in [1.82, 2.24) is 4.72 Å². The Bertz CT molecular complexity index is 584. The molecule has 0 heterocycles. The van der Waals surface area contributed by atoms with Crippen LogP contribution in [0.3, 0.4) is 0 Å². The smallest absolute Gasteiger partial charge is 0.242 e. The van der Waals surface area contributed by atoms with Gasteiger partial charge in [-0.3, -0.25) is 0 Å². The Balaban J connectivity index is 2.23. The molecule has 0 amide bonds. The van der Waals surface area contributed by atoms with E-state index < -0.39 is 10.0 Å². The lowest BCUT2D eigenvalue weighted by Crippen LogP contribution is -2.41. The van der Waals surface area contributed by atoms with Crippen LogP contribution in [0.2, 0.25) is 0 Å². The normalized spacial score (nSPS) is 17.8. The van der Waals surface area contributed by atoms with Crippen LogP contribution in [0, 0.1) is 5.41 Å². The van der Waals surface area contributed by atoms with Gasteiger partial charge in [-0.25, -0.2) is 13.1 Å². The number of benzene rings is 1. The molecular weight excluding hydrogens is 408 g/mol. The number of anilines is 1. The number of hydrogen-bond donors (Lipinski definition) is 2. The van der Waals surface area contributed by atoms with E-state index in [1.165, 1.54) is 6.42 Å². The van der Waals surface area contributed by atoms with Crippen molar-refractivity contribution in [1.29, 1.82) is 0 Å². The fourth-order valence-corrected chi connectivity index (χ4v) is 6.26. The third-order valence-corrected chi connectivity index (χ3v) is 7.37. The number of sulfonamides is 1. The molecule has 1 saturated carbocycles. The van der Waals surface area contributed by atoms with E-state index in [-0.39, 0.29) is 10.3 Å². The van der Waals surface area contributed by atoms with Crippen LogP contribution in [-0.4, -0.2) is 15.0 Å². The molecule has 112 valence electrons. The Morgan fingerprint density at radius 2 is 1.85 bits per heavy atom. The van der Waals surface area contributed by atoms with E-state index in [2.05, 4.69) is 43.5 Å². The summed E-state index contributed by atoms with van der Waals surface area (Å²) in [6.07, 6.45) is 4.37. The predicted molar refractivity (Wildman–Crippen MR) is 88.0 cm³/mol. The zero-order chi connectivity index (χ0) is 15.0. The van der Waals surface area contributed by atoms with Gasteiger partial charge in [0.05, 0.1) is 0 Å². The predicted octanol–water partition coefficient (Wildman–Crippen LogP) is 3.65. The summed E-state index contributed by atoms with van der Waals surface area (Å²) in [5, 5.41) is 0. The topological polar surface area (TPSA) is 72.2 Å². The van der Waals surface area contributed by atoms with Gasteiger partial charge >= 0.3 is 0 Å². The number of nitrogens with one attached hydrogen (secondary N) is 1. The Hall–Kier alpha value is -0.110. The molecule has 0 saturated heterocycles. The highest BCUT2D eigenvalue weighted by Gasteiger charge is 2.36. The van der Waals surface area contributed by atoms with E-state index in [0.29, 0.717) is 21.2 Å². The van der Waals surface area contributed by atoms with Crippen LogP contribution in [0.25, 0.3) is 0 Å². The third kappa shape index (κ3) is 3.21. The Kier molecular flexibility index (Phi) is 4.83. The summed E-state index contributed by atoms with van der Waals surface area (Å²) in [6, 6.07) is 3.19. The molecule has 0 bridgehead atoms. The van der Waals surface area contributed by atoms with Crippen molar-refractivity contribution in [2.45, 2.75) is 37.5 Å². The first-order chi connectivity index (χ1) is 9.30. The lowest BCUT2D eigenvalue weighted by atomic mass is 9.67. The van der Waals surface area contributed by atoms with Crippen molar-refractivity contribution in [3.8, 4) is 0 Å². The molecule has 1 fully saturated rings. The van der Waals surface area contributed by atoms with E-state index in [9.17, 15) is 8.42 Å². The van der Waals surface area contributed by atoms with Crippen LogP contribution in [0.5, 0.6) is 0 Å². The molecule has 0 aromatic heterocycles. The second-order valence-corrected chi connectivity index (χ2v) is 8.76. The standard InChI is InChI=1S/C13H18Br2N2O2S/c1-2-13(4-3-5-13)8-17-20(18,19)12-10(14)6-9(16)7-11(12)15/h6-7,17H,2-5,8,16H2,1H3. The van der Waals surface area contributed by atoms with Gasteiger partial charge in [-0.1, -0.05) is 13.3 Å². The molecule has 0 spiro atoms. The number of hydrogen-bond acceptors (Lipinski definition) is 3. The highest BCUT2D eigenvalue weighted by Crippen LogP contribution is 2.43. The summed E-state index contributed by atoms with van der Waals surface area (Å²) in [4.78, 5) is 0.206. The van der Waals surface area contributed by atoms with E-state index in [0.717, 1.165) is 19.3 Å². The van der Waals surface area contributed by atoms with Crippen molar-refractivity contribution in [3.05, 3.63) is 21.1 Å². The minimum absolute atomic E-state index is 0.139. The lowest BCUT2D eigenvalue weighted by molar-refractivity contribution is 0.133. The Morgan fingerprint density at radius 3 is 2.25 bits per heavy atom. The van der Waals surface area contributed by atoms with Gasteiger partial charge in [-0.2, -0.15) is 0 Å². The van der Waals surface area contributed by atoms with Crippen LogP contribution >= 0.6 is 31.9 Å². The van der Waals surface area contributed by atoms with Crippen LogP contribution in [0.15, 0.2) is 26.0 Å². The maximum Gasteiger partial charge on any atom is 0.242 e. The fraction of sp³-hybridized carbons (Fsp3) is 0.538. The summed E-state index contributed by atoms with van der Waals surface area (Å²) >= 11 is 6.55. The fourth-order valence-electron chi connectivity index (χ4n) is 2.49. The Morgan fingerprint density at radius 1 is 1.30 bits per heavy atom. The van der Waals surface area contributed by atoms with Crippen LogP contribution < -0.4 is 10.5 Å². The second kappa shape index (κ2) is 5.94. The van der Waals surface area contributed by atoms with Crippen molar-refractivity contribution in [2.24, 2.45) is 5.41 Å². The van der Waals surface area contributed by atoms with Crippen molar-refractivity contribution in [3.63, 3.8) is 0 Å². The molecular formula is C13H18Br2N2O2S. The first-order valence-electron chi connectivity index (χ1n) is 6.54. The molecule has 1 aliphatic rings. The minimum atomic E-state index is -3.56. The zero-order valence-electron chi connectivity index (χ0n) is 11.2. The average Bonchev–Trinajstić information content (AvgIpc) is 2.25. The molecule has 3 N–H and O–H groups in total. The number of nitrogen functional groups attached to an aromatic ring is 1. The summed E-state index contributed by atoms with van der Waals surface area (Å²) in [5.74, 6) is 0.